The monoisotopic (exact) mass is 200 g/mol. The average molecular weight is 200 g/mol. The highest BCUT2D eigenvalue weighted by atomic mass is 32.2. The predicted octanol–water partition coefficient (Wildman–Crippen LogP) is 0.630. The van der Waals surface area contributed by atoms with Gasteiger partial charge in [0.05, 0.1) is 14.1 Å². The summed E-state index contributed by atoms with van der Waals surface area (Å²) in [7, 11) is 3.18. The van der Waals surface area contributed by atoms with Crippen molar-refractivity contribution in [1.29, 1.82) is 0 Å². The van der Waals surface area contributed by atoms with Gasteiger partial charge in [0, 0.05) is 17.8 Å². The molecule has 0 saturated carbocycles. The maximum atomic E-state index is 10.8. The van der Waals surface area contributed by atoms with Crippen LogP contribution < -0.4 is 9.62 Å². The minimum atomic E-state index is -2.19. The third-order valence-electron chi connectivity index (χ3n) is 1.89. The summed E-state index contributed by atoms with van der Waals surface area (Å²) in [6.45, 7) is 0. The van der Waals surface area contributed by atoms with E-state index >= 15 is 0 Å². The molecule has 5 heteroatoms. The van der Waals surface area contributed by atoms with Gasteiger partial charge in [-0.2, -0.15) is 0 Å². The van der Waals surface area contributed by atoms with Gasteiger partial charge in [-0.05, 0) is 12.1 Å². The first-order chi connectivity index (χ1) is 5.94. The van der Waals surface area contributed by atoms with Crippen molar-refractivity contribution < 1.29 is 8.76 Å². The van der Waals surface area contributed by atoms with E-state index in [2.05, 4.69) is 0 Å². The Kier molecular flexibility index (Phi) is 2.70. The van der Waals surface area contributed by atoms with E-state index in [1.807, 2.05) is 0 Å². The summed E-state index contributed by atoms with van der Waals surface area (Å²) >= 11 is -2.19. The summed E-state index contributed by atoms with van der Waals surface area (Å²) in [5.74, 6) is 0. The normalized spacial score (nSPS) is 14.1. The highest BCUT2D eigenvalue weighted by Gasteiger charge is 2.19. The van der Waals surface area contributed by atoms with E-state index in [1.54, 1.807) is 38.4 Å². The van der Waals surface area contributed by atoms with Crippen molar-refractivity contribution in [2.24, 2.45) is 0 Å². The van der Waals surface area contributed by atoms with Crippen molar-refractivity contribution in [2.75, 3.05) is 19.8 Å². The molecule has 0 spiro atoms. The Morgan fingerprint density at radius 2 is 1.77 bits per heavy atom. The molecule has 2 N–H and O–H groups in total. The Morgan fingerprint density at radius 1 is 1.31 bits per heavy atom. The van der Waals surface area contributed by atoms with Crippen LogP contribution >= 0.6 is 0 Å². The molecule has 0 radical (unpaired) electrons. The van der Waals surface area contributed by atoms with Gasteiger partial charge >= 0.3 is 0 Å². The van der Waals surface area contributed by atoms with Crippen LogP contribution in [0.5, 0.6) is 0 Å². The molecule has 0 aliphatic carbocycles. The van der Waals surface area contributed by atoms with E-state index in [0.717, 1.165) is 0 Å². The zero-order valence-electron chi connectivity index (χ0n) is 7.56. The molecule has 0 aliphatic heterocycles. The number of nitrogens with zero attached hydrogens (tertiary/aromatic N) is 1. The summed E-state index contributed by atoms with van der Waals surface area (Å²) in [5.41, 5.74) is 6.79. The lowest BCUT2D eigenvalue weighted by atomic mass is 10.3. The zero-order chi connectivity index (χ0) is 10.1. The van der Waals surface area contributed by atoms with Crippen molar-refractivity contribution in [2.45, 2.75) is 0 Å². The summed E-state index contributed by atoms with van der Waals surface area (Å²) < 4.78 is 21.5. The van der Waals surface area contributed by atoms with Crippen molar-refractivity contribution in [1.82, 2.24) is 3.89 Å². The molecule has 1 unspecified atom stereocenters. The highest BCUT2D eigenvalue weighted by molar-refractivity contribution is 7.78. The van der Waals surface area contributed by atoms with Crippen LogP contribution in [0.2, 0.25) is 0 Å². The van der Waals surface area contributed by atoms with Crippen LogP contribution in [0, 0.1) is 0 Å². The van der Waals surface area contributed by atoms with Crippen LogP contribution in [0.3, 0.4) is 0 Å². The van der Waals surface area contributed by atoms with Crippen LogP contribution in [-0.4, -0.2) is 22.9 Å². The second-order valence-corrected chi connectivity index (χ2v) is 4.51. The third kappa shape index (κ3) is 2.06. The fourth-order valence-corrected chi connectivity index (χ4v) is 1.21. The second kappa shape index (κ2) is 3.45. The fourth-order valence-electron chi connectivity index (χ4n) is 0.919. The highest BCUT2D eigenvalue weighted by Crippen LogP contribution is 2.21. The molecule has 0 amide bonds. The number of rotatable bonds is 2. The van der Waals surface area contributed by atoms with Gasteiger partial charge < -0.3 is 10.3 Å². The van der Waals surface area contributed by atoms with E-state index in [-0.39, 0.29) is 3.89 Å². The van der Waals surface area contributed by atoms with E-state index < -0.39 is 11.3 Å². The summed E-state index contributed by atoms with van der Waals surface area (Å²) in [5, 5.41) is 0. The largest absolute Gasteiger partial charge is 0.724 e. The Labute approximate surface area is 80.0 Å². The molecule has 0 aliphatic rings. The molecule has 0 bridgehead atoms. The topological polar surface area (TPSA) is 66.2 Å². The van der Waals surface area contributed by atoms with Crippen LogP contribution in [0.25, 0.3) is 0 Å². The smallest absolute Gasteiger partial charge is 0.153 e. The van der Waals surface area contributed by atoms with E-state index in [9.17, 15) is 8.76 Å². The first-order valence-electron chi connectivity index (χ1n) is 3.74. The van der Waals surface area contributed by atoms with Crippen molar-refractivity contribution >= 4 is 22.6 Å². The van der Waals surface area contributed by atoms with Gasteiger partial charge in [0.15, 0.2) is 11.3 Å². The Balaban J connectivity index is 3.08. The summed E-state index contributed by atoms with van der Waals surface area (Å²) in [4.78, 5) is 0. The molecule has 0 fully saturated rings. The van der Waals surface area contributed by atoms with Crippen LogP contribution in [0.4, 0.5) is 11.4 Å². The van der Waals surface area contributed by atoms with Crippen molar-refractivity contribution in [3.8, 4) is 0 Å². The SMILES string of the molecule is C[N+](C)(c1ccc(N)cc1)S(=O)[O-]. The Hall–Kier alpha value is -0.910. The first-order valence-corrected chi connectivity index (χ1v) is 4.78. The molecule has 0 saturated heterocycles. The molecule has 1 aromatic carbocycles. The Bertz CT molecular complexity index is 321. The maximum absolute atomic E-state index is 10.8. The Morgan fingerprint density at radius 3 is 2.15 bits per heavy atom. The third-order valence-corrected chi connectivity index (χ3v) is 2.84. The standard InChI is InChI=1S/C8H12N2O2S/c1-10(2,13(11)12)8-5-3-7(9)4-6-8/h3-6H,9H2,1-2H3. The van der Waals surface area contributed by atoms with Gasteiger partial charge in [-0.3, -0.25) is 0 Å². The van der Waals surface area contributed by atoms with Crippen LogP contribution in [-0.2, 0) is 11.3 Å². The fraction of sp³-hybridized carbons (Fsp3) is 0.250. The van der Waals surface area contributed by atoms with Crippen molar-refractivity contribution in [3.05, 3.63) is 24.3 Å². The molecule has 72 valence electrons. The molecule has 13 heavy (non-hydrogen) atoms. The number of hydrogen-bond acceptors (Lipinski definition) is 3. The molecule has 0 heterocycles. The maximum Gasteiger partial charge on any atom is 0.153 e. The molecule has 1 rings (SSSR count). The molecule has 1 atom stereocenters. The van der Waals surface area contributed by atoms with E-state index in [1.165, 1.54) is 0 Å². The lowest BCUT2D eigenvalue weighted by Gasteiger charge is -2.29. The lowest BCUT2D eigenvalue weighted by molar-refractivity contribution is 0.465. The van der Waals surface area contributed by atoms with Crippen LogP contribution in [0.1, 0.15) is 0 Å². The van der Waals surface area contributed by atoms with Crippen LogP contribution in [0.15, 0.2) is 24.3 Å². The second-order valence-electron chi connectivity index (χ2n) is 3.16. The van der Waals surface area contributed by atoms with E-state index in [4.69, 9.17) is 5.73 Å². The van der Waals surface area contributed by atoms with E-state index in [0.29, 0.717) is 11.4 Å². The minimum absolute atomic E-state index is 0.194. The first kappa shape index (κ1) is 10.2. The van der Waals surface area contributed by atoms with Gasteiger partial charge in [0.1, 0.15) is 5.69 Å². The molecular formula is C8H12N2O2S. The molecule has 1 aromatic rings. The average Bonchev–Trinajstić information content (AvgIpc) is 2.04. The van der Waals surface area contributed by atoms with Gasteiger partial charge in [-0.25, -0.2) is 8.10 Å². The number of nitrogen functional groups attached to an aromatic ring is 1. The quantitative estimate of drug-likeness (QED) is 0.432. The predicted molar refractivity (Wildman–Crippen MR) is 53.4 cm³/mol. The van der Waals surface area contributed by atoms with Gasteiger partial charge in [0.25, 0.3) is 0 Å². The zero-order valence-corrected chi connectivity index (χ0v) is 8.38. The summed E-state index contributed by atoms with van der Waals surface area (Å²) in [6.07, 6.45) is 0. The summed E-state index contributed by atoms with van der Waals surface area (Å²) in [6, 6.07) is 6.76. The van der Waals surface area contributed by atoms with Gasteiger partial charge in [-0.1, -0.05) is 0 Å². The van der Waals surface area contributed by atoms with Crippen molar-refractivity contribution in [3.63, 3.8) is 0 Å². The minimum Gasteiger partial charge on any atom is -0.724 e. The molecule has 4 nitrogen and oxygen atoms in total. The number of quaternary nitrogens is 1. The van der Waals surface area contributed by atoms with Gasteiger partial charge in [0.2, 0.25) is 0 Å². The molecule has 0 aromatic heterocycles. The van der Waals surface area contributed by atoms with Gasteiger partial charge in [-0.15, -0.1) is 0 Å². The number of benzene rings is 1. The number of anilines is 1. The number of nitrogens with two attached hydrogens (primary N) is 1. The number of hydrogen-bond donors (Lipinski definition) is 1. The lowest BCUT2D eigenvalue weighted by Crippen LogP contribution is -2.41. The molecular weight excluding hydrogens is 188 g/mol.